The maximum atomic E-state index is 12.5. The molecule has 3 aromatic rings. The van der Waals surface area contributed by atoms with Crippen molar-refractivity contribution in [2.24, 2.45) is 7.05 Å². The molecule has 1 atom stereocenters. The molecular formula is C21H26N2OS. The highest BCUT2D eigenvalue weighted by Gasteiger charge is 2.22. The van der Waals surface area contributed by atoms with Crippen LogP contribution in [0.5, 0.6) is 0 Å². The quantitative estimate of drug-likeness (QED) is 0.563. The molecule has 2 aromatic heterocycles. The van der Waals surface area contributed by atoms with E-state index in [0.29, 0.717) is 6.42 Å². The van der Waals surface area contributed by atoms with Gasteiger partial charge in [-0.25, -0.2) is 0 Å². The van der Waals surface area contributed by atoms with Gasteiger partial charge in [-0.3, -0.25) is 4.79 Å². The molecule has 2 heterocycles. The van der Waals surface area contributed by atoms with Crippen LogP contribution in [0, 0.1) is 0 Å². The molecule has 0 aliphatic carbocycles. The van der Waals surface area contributed by atoms with Gasteiger partial charge in [-0.2, -0.15) is 0 Å². The van der Waals surface area contributed by atoms with Crippen molar-refractivity contribution >= 4 is 28.1 Å². The highest BCUT2D eigenvalue weighted by Crippen LogP contribution is 2.36. The zero-order valence-corrected chi connectivity index (χ0v) is 15.8. The second kappa shape index (κ2) is 8.34. The van der Waals surface area contributed by atoms with Crippen LogP contribution in [-0.4, -0.2) is 17.0 Å². The van der Waals surface area contributed by atoms with E-state index in [-0.39, 0.29) is 11.8 Å². The Bertz CT molecular complexity index is 820. The maximum Gasteiger partial charge on any atom is 0.220 e. The fraction of sp³-hybridized carbons (Fsp3) is 0.381. The number of aryl methyl sites for hydroxylation is 1. The second-order valence-corrected chi connectivity index (χ2v) is 7.52. The van der Waals surface area contributed by atoms with Crippen LogP contribution in [0.3, 0.4) is 0 Å². The highest BCUT2D eigenvalue weighted by atomic mass is 32.1. The van der Waals surface area contributed by atoms with Gasteiger partial charge >= 0.3 is 0 Å². The Morgan fingerprint density at radius 1 is 1.20 bits per heavy atom. The number of hydrogen-bond acceptors (Lipinski definition) is 2. The van der Waals surface area contributed by atoms with Crippen molar-refractivity contribution in [3.05, 3.63) is 58.4 Å². The van der Waals surface area contributed by atoms with Crippen LogP contribution in [-0.2, 0) is 11.8 Å². The van der Waals surface area contributed by atoms with E-state index in [1.165, 1.54) is 27.8 Å². The minimum absolute atomic E-state index is 0.109. The van der Waals surface area contributed by atoms with Crippen LogP contribution in [0.2, 0.25) is 0 Å². The molecule has 4 heteroatoms. The fourth-order valence-electron chi connectivity index (χ4n) is 3.36. The lowest BCUT2D eigenvalue weighted by Crippen LogP contribution is -2.26. The lowest BCUT2D eigenvalue weighted by Gasteiger charge is -2.15. The van der Waals surface area contributed by atoms with Gasteiger partial charge in [0.1, 0.15) is 0 Å². The third-order valence-electron chi connectivity index (χ3n) is 4.68. The lowest BCUT2D eigenvalue weighted by atomic mass is 9.93. The van der Waals surface area contributed by atoms with Gasteiger partial charge in [0.05, 0.1) is 0 Å². The molecule has 3 nitrogen and oxygen atoms in total. The second-order valence-electron chi connectivity index (χ2n) is 6.54. The average Bonchev–Trinajstić information content (AvgIpc) is 3.26. The zero-order chi connectivity index (χ0) is 17.6. The first-order valence-corrected chi connectivity index (χ1v) is 9.92. The van der Waals surface area contributed by atoms with E-state index in [1.807, 2.05) is 0 Å². The molecule has 0 aliphatic heterocycles. The summed E-state index contributed by atoms with van der Waals surface area (Å²) in [6.45, 7) is 2.95. The molecule has 25 heavy (non-hydrogen) atoms. The first-order chi connectivity index (χ1) is 12.2. The molecule has 1 N–H and O–H groups in total. The van der Waals surface area contributed by atoms with Crippen molar-refractivity contribution in [1.29, 1.82) is 0 Å². The van der Waals surface area contributed by atoms with Gasteiger partial charge in [0.25, 0.3) is 0 Å². The van der Waals surface area contributed by atoms with Crippen LogP contribution in [0.1, 0.15) is 49.0 Å². The largest absolute Gasteiger partial charge is 0.356 e. The van der Waals surface area contributed by atoms with Crippen molar-refractivity contribution in [2.45, 2.75) is 38.5 Å². The Morgan fingerprint density at radius 3 is 2.80 bits per heavy atom. The van der Waals surface area contributed by atoms with Crippen LogP contribution in [0.15, 0.2) is 48.0 Å². The molecular weight excluding hydrogens is 328 g/mol. The number of carbonyl (C=O) groups is 1. The molecule has 0 spiro atoms. The minimum Gasteiger partial charge on any atom is -0.356 e. The molecule has 0 radical (unpaired) electrons. The third kappa shape index (κ3) is 4.13. The summed E-state index contributed by atoms with van der Waals surface area (Å²) < 4.78 is 2.16. The van der Waals surface area contributed by atoms with Crippen molar-refractivity contribution < 1.29 is 4.79 Å². The van der Waals surface area contributed by atoms with Gasteiger partial charge in [0.2, 0.25) is 5.91 Å². The molecule has 0 saturated carbocycles. The molecule has 1 amide bonds. The van der Waals surface area contributed by atoms with Gasteiger partial charge < -0.3 is 9.88 Å². The van der Waals surface area contributed by atoms with E-state index in [0.717, 1.165) is 19.4 Å². The molecule has 0 aliphatic rings. The summed E-state index contributed by atoms with van der Waals surface area (Å²) in [7, 11) is 2.07. The Hall–Kier alpha value is -2.07. The first-order valence-electron chi connectivity index (χ1n) is 9.04. The van der Waals surface area contributed by atoms with Gasteiger partial charge in [-0.05, 0) is 29.5 Å². The van der Waals surface area contributed by atoms with E-state index in [2.05, 4.69) is 71.8 Å². The SMILES string of the molecule is CCCCCNC(=O)CC(c1cccs1)c1cn(C)c2ccccc12. The number of thiophene rings is 1. The number of hydrogen-bond donors (Lipinski definition) is 1. The van der Waals surface area contributed by atoms with Gasteiger partial charge in [0, 0.05) is 47.9 Å². The Morgan fingerprint density at radius 2 is 2.04 bits per heavy atom. The van der Waals surface area contributed by atoms with E-state index in [9.17, 15) is 4.79 Å². The molecule has 3 rings (SSSR count). The smallest absolute Gasteiger partial charge is 0.220 e. The summed E-state index contributed by atoms with van der Waals surface area (Å²) in [5.41, 5.74) is 2.45. The van der Waals surface area contributed by atoms with E-state index in [1.54, 1.807) is 11.3 Å². The molecule has 0 saturated heterocycles. The number of rotatable bonds is 8. The van der Waals surface area contributed by atoms with Gasteiger partial charge in [-0.15, -0.1) is 11.3 Å². The number of nitrogens with zero attached hydrogens (tertiary/aromatic N) is 1. The Labute approximate surface area is 153 Å². The number of aromatic nitrogens is 1. The maximum absolute atomic E-state index is 12.5. The lowest BCUT2D eigenvalue weighted by molar-refractivity contribution is -0.121. The van der Waals surface area contributed by atoms with Crippen LogP contribution >= 0.6 is 11.3 Å². The molecule has 0 fully saturated rings. The number of carbonyl (C=O) groups excluding carboxylic acids is 1. The minimum atomic E-state index is 0.109. The Kier molecular flexibility index (Phi) is 5.92. The normalized spacial score (nSPS) is 12.4. The predicted molar refractivity (Wildman–Crippen MR) is 106 cm³/mol. The molecule has 1 aromatic carbocycles. The third-order valence-corrected chi connectivity index (χ3v) is 5.67. The molecule has 132 valence electrons. The van der Waals surface area contributed by atoms with Gasteiger partial charge in [0.15, 0.2) is 0 Å². The number of fused-ring (bicyclic) bond motifs is 1. The van der Waals surface area contributed by atoms with Crippen molar-refractivity contribution in [3.8, 4) is 0 Å². The molecule has 1 unspecified atom stereocenters. The highest BCUT2D eigenvalue weighted by molar-refractivity contribution is 7.10. The monoisotopic (exact) mass is 354 g/mol. The number of para-hydroxylation sites is 1. The topological polar surface area (TPSA) is 34.0 Å². The van der Waals surface area contributed by atoms with Gasteiger partial charge in [-0.1, -0.05) is 44.0 Å². The summed E-state index contributed by atoms with van der Waals surface area (Å²) >= 11 is 1.73. The summed E-state index contributed by atoms with van der Waals surface area (Å²) in [5.74, 6) is 0.250. The number of benzene rings is 1. The van der Waals surface area contributed by atoms with Crippen molar-refractivity contribution in [3.63, 3.8) is 0 Å². The Balaban J connectivity index is 1.84. The summed E-state index contributed by atoms with van der Waals surface area (Å²) in [4.78, 5) is 13.8. The van der Waals surface area contributed by atoms with Crippen LogP contribution in [0.25, 0.3) is 10.9 Å². The number of nitrogens with one attached hydrogen (secondary N) is 1. The number of amides is 1. The summed E-state index contributed by atoms with van der Waals surface area (Å²) in [6, 6.07) is 12.6. The van der Waals surface area contributed by atoms with E-state index < -0.39 is 0 Å². The number of unbranched alkanes of at least 4 members (excludes halogenated alkanes) is 2. The summed E-state index contributed by atoms with van der Waals surface area (Å²) in [6.07, 6.45) is 6.07. The van der Waals surface area contributed by atoms with E-state index >= 15 is 0 Å². The van der Waals surface area contributed by atoms with E-state index in [4.69, 9.17) is 0 Å². The predicted octanol–water partition coefficient (Wildman–Crippen LogP) is 5.07. The molecule has 0 bridgehead atoms. The summed E-state index contributed by atoms with van der Waals surface area (Å²) in [5, 5.41) is 6.42. The standard InChI is InChI=1S/C21H26N2OS/c1-3-4-7-12-22-21(24)14-17(20-11-8-13-25-20)18-15-23(2)19-10-6-5-9-16(18)19/h5-6,8-11,13,15,17H,3-4,7,12,14H2,1-2H3,(H,22,24). The van der Waals surface area contributed by atoms with Crippen LogP contribution in [0.4, 0.5) is 0 Å². The average molecular weight is 355 g/mol. The van der Waals surface area contributed by atoms with Crippen molar-refractivity contribution in [1.82, 2.24) is 9.88 Å². The fourth-order valence-corrected chi connectivity index (χ4v) is 4.21. The first kappa shape index (κ1) is 17.7. The van der Waals surface area contributed by atoms with Crippen LogP contribution < -0.4 is 5.32 Å². The zero-order valence-electron chi connectivity index (χ0n) is 15.0. The van der Waals surface area contributed by atoms with Crippen molar-refractivity contribution in [2.75, 3.05) is 6.54 Å².